The van der Waals surface area contributed by atoms with Gasteiger partial charge in [0.25, 0.3) is 0 Å². The molecule has 2 heterocycles. The molecule has 1 aromatic heterocycles. The third-order valence-electron chi connectivity index (χ3n) is 6.73. The topological polar surface area (TPSA) is 113 Å². The van der Waals surface area contributed by atoms with Crippen molar-refractivity contribution in [2.45, 2.75) is 18.4 Å². The van der Waals surface area contributed by atoms with Crippen molar-refractivity contribution in [2.75, 3.05) is 25.0 Å². The van der Waals surface area contributed by atoms with Gasteiger partial charge in [-0.2, -0.15) is 5.10 Å². The van der Waals surface area contributed by atoms with Crippen molar-refractivity contribution in [3.8, 4) is 11.1 Å². The molecule has 34 heavy (non-hydrogen) atoms. The molecule has 1 saturated heterocycles. The van der Waals surface area contributed by atoms with Gasteiger partial charge in [0.2, 0.25) is 11.5 Å². The number of carbonyl (C=O) groups is 2. The molecule has 1 unspecified atom stereocenters. The Morgan fingerprint density at radius 2 is 1.68 bits per heavy atom. The number of hydrogen-bond donors (Lipinski definition) is 3. The lowest BCUT2D eigenvalue weighted by Crippen LogP contribution is -2.42. The highest BCUT2D eigenvalue weighted by Crippen LogP contribution is 2.48. The fourth-order valence-corrected chi connectivity index (χ4v) is 4.96. The summed E-state index contributed by atoms with van der Waals surface area (Å²) in [4.78, 5) is 26.6. The zero-order valence-corrected chi connectivity index (χ0v) is 18.6. The van der Waals surface area contributed by atoms with Crippen molar-refractivity contribution in [1.29, 1.82) is 0 Å². The number of anilines is 1. The van der Waals surface area contributed by atoms with E-state index >= 15 is 0 Å². The number of esters is 1. The third kappa shape index (κ3) is 3.95. The molecule has 0 radical (unpaired) electrons. The molecular formula is C26H26N4O4. The van der Waals surface area contributed by atoms with E-state index in [4.69, 9.17) is 4.74 Å². The Morgan fingerprint density at radius 3 is 2.29 bits per heavy atom. The van der Waals surface area contributed by atoms with Gasteiger partial charge in [0.15, 0.2) is 5.82 Å². The van der Waals surface area contributed by atoms with Crippen LogP contribution < -0.4 is 10.6 Å². The molecule has 5 rings (SSSR count). The molecule has 3 N–H and O–H groups in total. The Bertz CT molecular complexity index is 1150. The predicted molar refractivity (Wildman–Crippen MR) is 126 cm³/mol. The largest absolute Gasteiger partial charge is 0.462 e. The highest BCUT2D eigenvalue weighted by atomic mass is 16.5. The minimum absolute atomic E-state index is 0.0310. The first-order chi connectivity index (χ1) is 16.6. The maximum atomic E-state index is 13.4. The number of aliphatic hydroxyl groups is 1. The number of nitrogens with zero attached hydrogens (tertiary/aromatic N) is 2. The first-order valence-electron chi connectivity index (χ1n) is 11.5. The molecule has 1 aliphatic carbocycles. The van der Waals surface area contributed by atoms with E-state index in [2.05, 4.69) is 20.8 Å². The highest BCUT2D eigenvalue weighted by molar-refractivity contribution is 5.96. The molecule has 8 nitrogen and oxygen atoms in total. The van der Waals surface area contributed by atoms with Crippen LogP contribution in [0.25, 0.3) is 11.1 Å². The van der Waals surface area contributed by atoms with E-state index in [0.29, 0.717) is 16.9 Å². The Hall–Kier alpha value is -3.62. The van der Waals surface area contributed by atoms with Crippen LogP contribution in [0, 0.1) is 11.8 Å². The van der Waals surface area contributed by atoms with Crippen molar-refractivity contribution in [2.24, 2.45) is 11.8 Å². The monoisotopic (exact) mass is 458 g/mol. The molecule has 174 valence electrons. The number of rotatable bonds is 6. The number of aromatic nitrogens is 2. The minimum atomic E-state index is -1.92. The second-order valence-electron chi connectivity index (χ2n) is 8.69. The molecule has 0 bridgehead atoms. The maximum absolute atomic E-state index is 13.4. The average Bonchev–Trinajstić information content (AvgIpc) is 3.15. The number of amides is 1. The highest BCUT2D eigenvalue weighted by Gasteiger charge is 2.49. The van der Waals surface area contributed by atoms with Crippen molar-refractivity contribution in [3.05, 3.63) is 78.0 Å². The lowest BCUT2D eigenvalue weighted by Gasteiger charge is -2.30. The van der Waals surface area contributed by atoms with Crippen molar-refractivity contribution >= 4 is 17.7 Å². The number of nitrogens with one attached hydrogen (secondary N) is 2. The van der Waals surface area contributed by atoms with Gasteiger partial charge in [-0.3, -0.25) is 4.79 Å². The molecule has 2 aromatic carbocycles. The molecule has 1 amide bonds. The summed E-state index contributed by atoms with van der Waals surface area (Å²) in [7, 11) is 0. The van der Waals surface area contributed by atoms with Gasteiger partial charge in [-0.1, -0.05) is 48.5 Å². The lowest BCUT2D eigenvalue weighted by molar-refractivity contribution is -0.164. The second kappa shape index (κ2) is 9.32. The Kier molecular flexibility index (Phi) is 6.08. The lowest BCUT2D eigenvalue weighted by atomic mass is 9.84. The van der Waals surface area contributed by atoms with Gasteiger partial charge in [-0.05, 0) is 55.1 Å². The van der Waals surface area contributed by atoms with Gasteiger partial charge in [-0.15, -0.1) is 5.10 Å². The van der Waals surface area contributed by atoms with E-state index in [1.165, 1.54) is 6.20 Å². The maximum Gasteiger partial charge on any atom is 0.347 e. The first kappa shape index (κ1) is 22.2. The average molecular weight is 459 g/mol. The number of piperidine rings is 1. The Labute approximate surface area is 197 Å². The summed E-state index contributed by atoms with van der Waals surface area (Å²) in [5.74, 6) is -1.27. The molecule has 1 aliphatic heterocycles. The third-order valence-corrected chi connectivity index (χ3v) is 6.73. The zero-order valence-electron chi connectivity index (χ0n) is 18.6. The van der Waals surface area contributed by atoms with E-state index in [1.807, 2.05) is 24.3 Å². The first-order valence-corrected chi connectivity index (χ1v) is 11.5. The van der Waals surface area contributed by atoms with Crippen LogP contribution in [0.2, 0.25) is 0 Å². The van der Waals surface area contributed by atoms with Crippen molar-refractivity contribution in [3.63, 3.8) is 0 Å². The molecular weight excluding hydrogens is 432 g/mol. The van der Waals surface area contributed by atoms with Gasteiger partial charge in [-0.25, -0.2) is 4.79 Å². The van der Waals surface area contributed by atoms with Crippen LogP contribution in [-0.4, -0.2) is 46.9 Å². The molecule has 0 spiro atoms. The summed E-state index contributed by atoms with van der Waals surface area (Å²) in [5, 5.41) is 25.5. The van der Waals surface area contributed by atoms with Crippen LogP contribution in [0.1, 0.15) is 24.0 Å². The van der Waals surface area contributed by atoms with Crippen molar-refractivity contribution in [1.82, 2.24) is 15.5 Å². The quantitative estimate of drug-likeness (QED) is 0.487. The predicted octanol–water partition coefficient (Wildman–Crippen LogP) is 2.49. The summed E-state index contributed by atoms with van der Waals surface area (Å²) < 4.78 is 5.71. The summed E-state index contributed by atoms with van der Waals surface area (Å²) in [5.41, 5.74) is 0.653. The van der Waals surface area contributed by atoms with E-state index in [-0.39, 0.29) is 18.4 Å². The summed E-state index contributed by atoms with van der Waals surface area (Å²) >= 11 is 0. The van der Waals surface area contributed by atoms with Crippen LogP contribution in [0.5, 0.6) is 0 Å². The van der Waals surface area contributed by atoms with Crippen LogP contribution in [0.3, 0.4) is 0 Å². The number of benzene rings is 2. The zero-order chi connectivity index (χ0) is 23.5. The van der Waals surface area contributed by atoms with E-state index < -0.39 is 17.5 Å². The van der Waals surface area contributed by atoms with Gasteiger partial charge < -0.3 is 20.5 Å². The van der Waals surface area contributed by atoms with E-state index in [1.54, 1.807) is 36.4 Å². The van der Waals surface area contributed by atoms with E-state index in [9.17, 15) is 14.7 Å². The summed E-state index contributed by atoms with van der Waals surface area (Å²) in [6.07, 6.45) is 3.10. The smallest absolute Gasteiger partial charge is 0.347 e. The molecule has 0 saturated carbocycles. The number of ether oxygens (including phenoxy) is 1. The Morgan fingerprint density at radius 1 is 1.03 bits per heavy atom. The normalized spacial score (nSPS) is 17.3. The van der Waals surface area contributed by atoms with Gasteiger partial charge in [0, 0.05) is 17.3 Å². The standard InChI is InChI=1S/C26H26N4O4/c31-24(29-23-10-5-13-28-30-23)20(17-11-14-27-15-12-17)16-34-25(32)26(33)21-8-3-1-6-18(21)19-7-2-4-9-22(19)26/h1-10,13,17,20,27,33H,11-12,14-16H2,(H,29,30,31). The van der Waals surface area contributed by atoms with Crippen LogP contribution >= 0.6 is 0 Å². The summed E-state index contributed by atoms with van der Waals surface area (Å²) in [6, 6.07) is 17.9. The SMILES string of the molecule is O=C(Nc1cccnn1)C(COC(=O)C1(O)c2ccccc2-c2ccccc21)C1CCNCC1. The fourth-order valence-electron chi connectivity index (χ4n) is 4.96. The molecule has 1 fully saturated rings. The van der Waals surface area contributed by atoms with E-state index in [0.717, 1.165) is 37.1 Å². The fraction of sp³-hybridized carbons (Fsp3) is 0.308. The Balaban J connectivity index is 1.39. The number of carbonyl (C=O) groups excluding carboxylic acids is 2. The van der Waals surface area contributed by atoms with Gasteiger partial charge in [0.05, 0.1) is 5.92 Å². The van der Waals surface area contributed by atoms with Crippen LogP contribution in [-0.2, 0) is 19.9 Å². The van der Waals surface area contributed by atoms with Gasteiger partial charge in [0.1, 0.15) is 6.61 Å². The van der Waals surface area contributed by atoms with Crippen molar-refractivity contribution < 1.29 is 19.4 Å². The van der Waals surface area contributed by atoms with Crippen LogP contribution in [0.15, 0.2) is 66.9 Å². The molecule has 2 aliphatic rings. The summed E-state index contributed by atoms with van der Waals surface area (Å²) in [6.45, 7) is 1.44. The second-order valence-corrected chi connectivity index (χ2v) is 8.69. The number of fused-ring (bicyclic) bond motifs is 3. The molecule has 3 aromatic rings. The van der Waals surface area contributed by atoms with Gasteiger partial charge >= 0.3 is 5.97 Å². The number of hydrogen-bond acceptors (Lipinski definition) is 7. The molecule has 8 heteroatoms. The van der Waals surface area contributed by atoms with Crippen LogP contribution in [0.4, 0.5) is 5.82 Å². The minimum Gasteiger partial charge on any atom is -0.462 e. The molecule has 1 atom stereocenters.